The van der Waals surface area contributed by atoms with Crippen molar-refractivity contribution < 1.29 is 23.4 Å². The normalized spacial score (nSPS) is 16.0. The van der Waals surface area contributed by atoms with Crippen molar-refractivity contribution in [2.75, 3.05) is 33.2 Å². The third-order valence-corrected chi connectivity index (χ3v) is 9.15. The number of rotatable bonds is 12. The summed E-state index contributed by atoms with van der Waals surface area (Å²) in [4.78, 5) is 22.9. The summed E-state index contributed by atoms with van der Waals surface area (Å²) >= 11 is 0. The van der Waals surface area contributed by atoms with E-state index in [1.54, 1.807) is 20.4 Å². The van der Waals surface area contributed by atoms with Gasteiger partial charge >= 0.3 is 0 Å². The molecule has 0 unspecified atom stereocenters. The second-order valence-electron chi connectivity index (χ2n) is 12.0. The van der Waals surface area contributed by atoms with Crippen LogP contribution in [0.4, 0.5) is 10.2 Å². The maximum atomic E-state index is 13.8. The van der Waals surface area contributed by atoms with Crippen LogP contribution in [-0.2, 0) is 13.1 Å². The van der Waals surface area contributed by atoms with E-state index in [9.17, 15) is 9.18 Å². The number of imidazole rings is 1. The molecular weight excluding hydrogens is 611 g/mol. The number of halogens is 1. The predicted octanol–water partition coefficient (Wildman–Crippen LogP) is 6.34. The van der Waals surface area contributed by atoms with Crippen LogP contribution in [0.5, 0.6) is 17.2 Å². The number of benzene rings is 3. The first-order valence-electron chi connectivity index (χ1n) is 16.1. The summed E-state index contributed by atoms with van der Waals surface area (Å²) in [5.41, 5.74) is 10.6. The first-order valence-corrected chi connectivity index (χ1v) is 16.1. The molecule has 0 saturated heterocycles. The van der Waals surface area contributed by atoms with E-state index in [0.717, 1.165) is 77.5 Å². The van der Waals surface area contributed by atoms with E-state index >= 15 is 0 Å². The molecule has 2 heterocycles. The number of nitrogens with one attached hydrogen (secondary N) is 2. The quantitative estimate of drug-likeness (QED) is 0.143. The van der Waals surface area contributed by atoms with Crippen LogP contribution in [0.1, 0.15) is 58.9 Å². The summed E-state index contributed by atoms with van der Waals surface area (Å²) < 4.78 is 32.2. The van der Waals surface area contributed by atoms with E-state index in [-0.39, 0.29) is 12.1 Å². The van der Waals surface area contributed by atoms with Gasteiger partial charge in [-0.25, -0.2) is 14.4 Å². The van der Waals surface area contributed by atoms with Crippen molar-refractivity contribution in [3.05, 3.63) is 101 Å². The molecule has 2 aromatic heterocycles. The Labute approximate surface area is 279 Å². The lowest BCUT2D eigenvalue weighted by molar-refractivity contribution is 0.0947. The zero-order valence-corrected chi connectivity index (χ0v) is 27.5. The molecule has 6 rings (SSSR count). The molecule has 0 bridgehead atoms. The first-order chi connectivity index (χ1) is 23.4. The minimum Gasteiger partial charge on any atom is -0.497 e. The number of hydrogen-bond acceptors (Lipinski definition) is 8. The summed E-state index contributed by atoms with van der Waals surface area (Å²) in [5, 5.41) is 6.41. The number of hydrogen-bond donors (Lipinski definition) is 3. The van der Waals surface area contributed by atoms with Gasteiger partial charge in [0.1, 0.15) is 40.1 Å². The molecule has 1 amide bonds. The smallest absolute Gasteiger partial charge is 0.255 e. The van der Waals surface area contributed by atoms with Crippen LogP contribution in [-0.4, -0.2) is 48.1 Å². The molecule has 1 fully saturated rings. The standard InChI is InChI=1S/C37H41FN6O4/c1-46-29-14-12-27(32(19-29)48-3)22-41-35-34-33(43-36(44(34)17-16-40-35)26-10-4-23(20-39)5-11-26)25-8-6-24(7-9-25)21-42-37(45)30-18-28(38)13-15-31(30)47-2/h6-9,12-19,23,26H,4-5,10-11,20-22,39H2,1-3H3,(H,40,41)(H,42,45)/t23-,26-. The molecule has 1 saturated carbocycles. The number of amides is 1. The molecule has 250 valence electrons. The molecule has 0 radical (unpaired) electrons. The monoisotopic (exact) mass is 652 g/mol. The summed E-state index contributed by atoms with van der Waals surface area (Å²) in [5.74, 6) is 3.42. The number of carbonyl (C=O) groups is 1. The van der Waals surface area contributed by atoms with Crippen molar-refractivity contribution in [2.24, 2.45) is 11.7 Å². The van der Waals surface area contributed by atoms with E-state index in [0.29, 0.717) is 29.9 Å². The largest absolute Gasteiger partial charge is 0.497 e. The van der Waals surface area contributed by atoms with E-state index < -0.39 is 11.7 Å². The van der Waals surface area contributed by atoms with Crippen molar-refractivity contribution in [2.45, 2.75) is 44.7 Å². The lowest BCUT2D eigenvalue weighted by Crippen LogP contribution is -2.23. The van der Waals surface area contributed by atoms with Gasteiger partial charge in [-0.05, 0) is 74.0 Å². The van der Waals surface area contributed by atoms with Crippen molar-refractivity contribution in [1.82, 2.24) is 19.7 Å². The minimum absolute atomic E-state index is 0.145. The average Bonchev–Trinajstić information content (AvgIpc) is 3.53. The number of carbonyl (C=O) groups excluding carboxylic acids is 1. The number of ether oxygens (including phenoxy) is 3. The fourth-order valence-corrected chi connectivity index (χ4v) is 6.43. The molecule has 48 heavy (non-hydrogen) atoms. The van der Waals surface area contributed by atoms with Gasteiger partial charge in [-0.15, -0.1) is 0 Å². The Kier molecular flexibility index (Phi) is 10.1. The van der Waals surface area contributed by atoms with Crippen LogP contribution in [0.15, 0.2) is 73.1 Å². The maximum Gasteiger partial charge on any atom is 0.255 e. The minimum atomic E-state index is -0.504. The van der Waals surface area contributed by atoms with Gasteiger partial charge in [0.2, 0.25) is 0 Å². The van der Waals surface area contributed by atoms with E-state index in [1.165, 1.54) is 25.3 Å². The number of anilines is 1. The molecule has 0 atom stereocenters. The topological polar surface area (TPSA) is 125 Å². The van der Waals surface area contributed by atoms with E-state index in [4.69, 9.17) is 29.9 Å². The molecule has 4 N–H and O–H groups in total. The lowest BCUT2D eigenvalue weighted by Gasteiger charge is -2.26. The van der Waals surface area contributed by atoms with Crippen molar-refractivity contribution in [3.63, 3.8) is 0 Å². The van der Waals surface area contributed by atoms with Gasteiger partial charge in [-0.2, -0.15) is 0 Å². The third-order valence-electron chi connectivity index (χ3n) is 9.15. The van der Waals surface area contributed by atoms with Gasteiger partial charge < -0.3 is 30.6 Å². The molecule has 10 nitrogen and oxygen atoms in total. The molecular formula is C37H41FN6O4. The third kappa shape index (κ3) is 6.91. The summed E-state index contributed by atoms with van der Waals surface area (Å²) in [6, 6.07) is 17.6. The van der Waals surface area contributed by atoms with Crippen LogP contribution in [0, 0.1) is 11.7 Å². The second kappa shape index (κ2) is 14.7. The Morgan fingerprint density at radius 3 is 2.42 bits per heavy atom. The van der Waals surface area contributed by atoms with Gasteiger partial charge in [-0.3, -0.25) is 9.20 Å². The van der Waals surface area contributed by atoms with Crippen LogP contribution < -0.4 is 30.6 Å². The molecule has 0 spiro atoms. The fourth-order valence-electron chi connectivity index (χ4n) is 6.43. The van der Waals surface area contributed by atoms with Crippen LogP contribution in [0.3, 0.4) is 0 Å². The molecule has 0 aliphatic heterocycles. The summed E-state index contributed by atoms with van der Waals surface area (Å²) in [6.07, 6.45) is 8.02. The number of methoxy groups -OCH3 is 3. The highest BCUT2D eigenvalue weighted by atomic mass is 19.1. The first kappa shape index (κ1) is 32.8. The Morgan fingerprint density at radius 2 is 1.71 bits per heavy atom. The van der Waals surface area contributed by atoms with Crippen molar-refractivity contribution >= 4 is 17.2 Å². The SMILES string of the molecule is COc1ccc(CNc2nccn3c2c(-c2ccc(CNC(=O)c4cc(F)ccc4OC)cc2)nc3[C@H]2CC[C@H](CN)CC2)c(OC)c1. The Bertz CT molecular complexity index is 1890. The van der Waals surface area contributed by atoms with Crippen molar-refractivity contribution in [3.8, 4) is 28.5 Å². The van der Waals surface area contributed by atoms with E-state index in [1.807, 2.05) is 48.7 Å². The lowest BCUT2D eigenvalue weighted by atomic mass is 9.81. The Morgan fingerprint density at radius 1 is 0.938 bits per heavy atom. The molecule has 3 aromatic carbocycles. The van der Waals surface area contributed by atoms with Crippen LogP contribution in [0.25, 0.3) is 16.8 Å². The van der Waals surface area contributed by atoms with Gasteiger partial charge in [0, 0.05) is 48.6 Å². The number of fused-ring (bicyclic) bond motifs is 1. The number of nitrogens with two attached hydrogens (primary N) is 1. The zero-order chi connectivity index (χ0) is 33.6. The zero-order valence-electron chi connectivity index (χ0n) is 27.5. The molecule has 5 aromatic rings. The maximum absolute atomic E-state index is 13.8. The molecule has 11 heteroatoms. The molecule has 1 aliphatic rings. The Hall–Kier alpha value is -5.16. The van der Waals surface area contributed by atoms with Gasteiger partial charge in [0.15, 0.2) is 5.82 Å². The van der Waals surface area contributed by atoms with Gasteiger partial charge in [0.05, 0.1) is 26.9 Å². The highest BCUT2D eigenvalue weighted by Gasteiger charge is 2.27. The van der Waals surface area contributed by atoms with Gasteiger partial charge in [-0.1, -0.05) is 24.3 Å². The van der Waals surface area contributed by atoms with E-state index in [2.05, 4.69) is 15.0 Å². The average molecular weight is 653 g/mol. The highest BCUT2D eigenvalue weighted by Crippen LogP contribution is 2.39. The van der Waals surface area contributed by atoms with Crippen LogP contribution >= 0.6 is 0 Å². The molecule has 1 aliphatic carbocycles. The summed E-state index contributed by atoms with van der Waals surface area (Å²) in [7, 11) is 4.72. The second-order valence-corrected chi connectivity index (χ2v) is 12.0. The van der Waals surface area contributed by atoms with Crippen LogP contribution in [0.2, 0.25) is 0 Å². The summed E-state index contributed by atoms with van der Waals surface area (Å²) in [6.45, 7) is 1.46. The number of nitrogens with zero attached hydrogens (tertiary/aromatic N) is 3. The highest BCUT2D eigenvalue weighted by molar-refractivity contribution is 5.97. The number of aromatic nitrogens is 3. The van der Waals surface area contributed by atoms with Gasteiger partial charge in [0.25, 0.3) is 5.91 Å². The Balaban J connectivity index is 1.29. The van der Waals surface area contributed by atoms with Crippen molar-refractivity contribution in [1.29, 1.82) is 0 Å². The fraction of sp³-hybridized carbons (Fsp3) is 0.324. The predicted molar refractivity (Wildman–Crippen MR) is 183 cm³/mol.